The molecule has 0 bridgehead atoms. The van der Waals surface area contributed by atoms with Gasteiger partial charge in [-0.3, -0.25) is 33.6 Å². The molecule has 4 aromatic rings. The average Bonchev–Trinajstić information content (AvgIpc) is 3.41. The summed E-state index contributed by atoms with van der Waals surface area (Å²) in [7, 11) is -1.19. The molecule has 7 amide bonds. The number of nitrogens with one attached hydrogen (secondary N) is 7. The number of sulfonamides is 1. The maximum Gasteiger partial charge on any atom is 0.264 e. The fraction of sp³-hybridized carbons (Fsp3) is 0.459. The number of hydrogen-bond donors (Lipinski definition) is 8. The molecule has 0 saturated carbocycles. The number of hydrogen-bond acceptors (Lipinski definition) is 11. The molecular formula is C61H85N9O9S. The van der Waals surface area contributed by atoms with Crippen LogP contribution in [-0.4, -0.2) is 112 Å². The molecule has 0 aliphatic heterocycles. The van der Waals surface area contributed by atoms with E-state index in [1.54, 1.807) is 26.2 Å². The van der Waals surface area contributed by atoms with E-state index in [4.69, 9.17) is 5.73 Å². The lowest BCUT2D eigenvalue weighted by Gasteiger charge is -2.40. The van der Waals surface area contributed by atoms with Crippen molar-refractivity contribution in [3.05, 3.63) is 144 Å². The number of anilines is 1. The molecule has 19 heteroatoms. The molecule has 0 spiro atoms. The van der Waals surface area contributed by atoms with Crippen LogP contribution in [0.1, 0.15) is 111 Å². The van der Waals surface area contributed by atoms with Crippen molar-refractivity contribution in [3.63, 3.8) is 0 Å². The molecule has 0 aliphatic rings. The third-order valence-corrected chi connectivity index (χ3v) is 15.4. The van der Waals surface area contributed by atoms with Crippen LogP contribution in [0.2, 0.25) is 0 Å². The Labute approximate surface area is 473 Å². The third kappa shape index (κ3) is 19.3. The monoisotopic (exact) mass is 1120 g/mol. The molecule has 0 aromatic heterocycles. The Hall–Kier alpha value is -7.22. The van der Waals surface area contributed by atoms with Gasteiger partial charge in [-0.15, -0.1) is 0 Å². The van der Waals surface area contributed by atoms with Crippen molar-refractivity contribution in [2.75, 3.05) is 26.0 Å². The van der Waals surface area contributed by atoms with Crippen LogP contribution < -0.4 is 42.4 Å². The highest BCUT2D eigenvalue weighted by molar-refractivity contribution is 7.90. The number of rotatable bonds is 29. The number of carbonyl (C=O) groups excluding carboxylic acids is 7. The van der Waals surface area contributed by atoms with Gasteiger partial charge in [0.05, 0.1) is 17.0 Å². The van der Waals surface area contributed by atoms with Crippen molar-refractivity contribution >= 4 is 57.1 Å². The molecule has 4 aromatic carbocycles. The quantitative estimate of drug-likeness (QED) is 0.0237. The summed E-state index contributed by atoms with van der Waals surface area (Å²) in [6, 6.07) is 27.3. The van der Waals surface area contributed by atoms with Gasteiger partial charge in [0.2, 0.25) is 35.4 Å². The molecule has 0 saturated heterocycles. The van der Waals surface area contributed by atoms with Crippen LogP contribution in [0.4, 0.5) is 5.69 Å². The molecular weight excluding hydrogens is 1030 g/mol. The van der Waals surface area contributed by atoms with Gasteiger partial charge in [0.15, 0.2) is 0 Å². The van der Waals surface area contributed by atoms with Crippen LogP contribution in [-0.2, 0) is 61.8 Å². The first kappa shape index (κ1) is 65.3. The van der Waals surface area contributed by atoms with Gasteiger partial charge in [-0.05, 0) is 98.5 Å². The van der Waals surface area contributed by atoms with Crippen molar-refractivity contribution in [1.82, 2.24) is 36.2 Å². The predicted molar refractivity (Wildman–Crippen MR) is 313 cm³/mol. The van der Waals surface area contributed by atoms with Gasteiger partial charge in [0, 0.05) is 43.0 Å². The van der Waals surface area contributed by atoms with Crippen molar-refractivity contribution in [3.8, 4) is 0 Å². The van der Waals surface area contributed by atoms with Crippen LogP contribution in [0.25, 0.3) is 0 Å². The Morgan fingerprint density at radius 1 is 0.650 bits per heavy atom. The summed E-state index contributed by atoms with van der Waals surface area (Å²) in [6.07, 6.45) is 3.73. The first-order chi connectivity index (χ1) is 37.7. The van der Waals surface area contributed by atoms with Crippen molar-refractivity contribution in [2.45, 2.75) is 154 Å². The molecule has 0 heterocycles. The Bertz CT molecular complexity index is 2840. The Balaban J connectivity index is 1.49. The molecule has 9 N–H and O–H groups in total. The van der Waals surface area contributed by atoms with Gasteiger partial charge in [-0.1, -0.05) is 152 Å². The van der Waals surface area contributed by atoms with Crippen LogP contribution in [0.15, 0.2) is 132 Å². The van der Waals surface area contributed by atoms with E-state index in [1.807, 2.05) is 134 Å². The molecule has 80 heavy (non-hydrogen) atoms. The Morgan fingerprint density at radius 3 is 1.65 bits per heavy atom. The summed E-state index contributed by atoms with van der Waals surface area (Å²) in [4.78, 5) is 98.4. The van der Waals surface area contributed by atoms with E-state index < -0.39 is 86.6 Å². The van der Waals surface area contributed by atoms with Gasteiger partial charge in [-0.2, -0.15) is 0 Å². The van der Waals surface area contributed by atoms with Crippen molar-refractivity contribution < 1.29 is 42.0 Å². The number of unbranched alkanes of at least 4 members (excludes halogenated alkanes) is 1. The summed E-state index contributed by atoms with van der Waals surface area (Å²) in [6.45, 7) is 16.8. The molecule has 0 fully saturated rings. The maximum atomic E-state index is 14.4. The average molecular weight is 1120 g/mol. The minimum atomic E-state index is -4.47. The number of nitrogens with two attached hydrogens (primary N) is 1. The predicted octanol–water partition coefficient (Wildman–Crippen LogP) is 5.82. The summed E-state index contributed by atoms with van der Waals surface area (Å²) in [5.74, 6) is -4.10. The topological polar surface area (TPSA) is 267 Å². The van der Waals surface area contributed by atoms with E-state index in [1.165, 1.54) is 42.2 Å². The van der Waals surface area contributed by atoms with Gasteiger partial charge in [0.25, 0.3) is 15.9 Å². The van der Waals surface area contributed by atoms with Crippen LogP contribution >= 0.6 is 0 Å². The molecule has 6 atom stereocenters. The van der Waals surface area contributed by atoms with Crippen LogP contribution in [0, 0.1) is 11.3 Å². The van der Waals surface area contributed by atoms with E-state index in [0.717, 1.165) is 16.7 Å². The fourth-order valence-electron chi connectivity index (χ4n) is 9.29. The minimum Gasteiger partial charge on any atom is -0.344 e. The van der Waals surface area contributed by atoms with Gasteiger partial charge in [0.1, 0.15) is 24.2 Å². The number of carbonyl (C=O) groups is 7. The second-order valence-electron chi connectivity index (χ2n) is 22.3. The van der Waals surface area contributed by atoms with Crippen LogP contribution in [0.3, 0.4) is 0 Å². The highest BCUT2D eigenvalue weighted by atomic mass is 32.2. The molecule has 0 radical (unpaired) electrons. The number of amides is 7. The van der Waals surface area contributed by atoms with Gasteiger partial charge in [-0.25, -0.2) is 13.1 Å². The highest BCUT2D eigenvalue weighted by Crippen LogP contribution is 2.29. The van der Waals surface area contributed by atoms with E-state index in [2.05, 4.69) is 36.6 Å². The summed E-state index contributed by atoms with van der Waals surface area (Å²) in [5.41, 5.74) is 7.09. The van der Waals surface area contributed by atoms with Gasteiger partial charge < -0.3 is 42.5 Å². The lowest BCUT2D eigenvalue weighted by molar-refractivity contribution is -0.141. The largest absolute Gasteiger partial charge is 0.344 e. The fourth-order valence-corrected chi connectivity index (χ4v) is 10.3. The lowest BCUT2D eigenvalue weighted by atomic mass is 9.76. The van der Waals surface area contributed by atoms with E-state index in [0.29, 0.717) is 25.8 Å². The highest BCUT2D eigenvalue weighted by Gasteiger charge is 2.42. The number of likely N-dealkylation sites (N-methyl/N-ethyl adjacent to an activating group) is 2. The smallest absolute Gasteiger partial charge is 0.264 e. The Morgan fingerprint density at radius 2 is 1.16 bits per heavy atom. The zero-order chi connectivity index (χ0) is 59.4. The summed E-state index contributed by atoms with van der Waals surface area (Å²) >= 11 is 0. The normalized spacial score (nSPS) is 14.3. The van der Waals surface area contributed by atoms with Crippen LogP contribution in [0.5, 0.6) is 0 Å². The zero-order valence-corrected chi connectivity index (χ0v) is 49.2. The molecule has 1 unspecified atom stereocenters. The minimum absolute atomic E-state index is 0.0195. The SMILES string of the molecule is CCCC(=O)N[C@H](Cc1ccccc1)C(=O)N[C@@H](Cc1ccccc1)C(=O)N[C@@H](CCCCN)C(=O)Nc1ccc(S(=O)(=O)NC(=O)/C(C)=C/[C@H](C(C)C)N(C)C(=O)C(NC(=O)[C@@H](NC)C(C)(C)c2ccccc2)C(C)(C)C)cc1. The van der Waals surface area contributed by atoms with Crippen molar-refractivity contribution in [2.24, 2.45) is 17.1 Å². The first-order valence-electron chi connectivity index (χ1n) is 27.4. The lowest BCUT2D eigenvalue weighted by Crippen LogP contribution is -2.61. The number of benzene rings is 4. The second kappa shape index (κ2) is 30.4. The van der Waals surface area contributed by atoms with E-state index in [-0.39, 0.29) is 59.6 Å². The second-order valence-corrected chi connectivity index (χ2v) is 23.9. The standard InChI is InChI=1S/C61H85N9O9S/c1-12-24-51(71)65-48(38-42-25-16-13-17-26-42)56(74)67-49(39-43-27-18-14-19-28-43)57(75)66-47(31-22-23-36-62)55(73)64-45-32-34-46(35-33-45)80(78,79)69-54(72)41(4)37-50(40(2)3)70(11)59(77)53(60(5,6)7)68-58(76)52(63-10)61(8,9)44-29-20-15-21-30-44/h13-21,25-30,32-35,37,40,47-50,52-53,63H,12,22-24,31,36,38-39,62H2,1-11H3,(H,64,73)(H,65,71)(H,66,75)(H,67,74)(H,68,76)(H,69,72)/b41-37+/t47-,48+,49-,50+,52+,53?/m0/s1. The maximum absolute atomic E-state index is 14.4. The number of nitrogens with zero attached hydrogens (tertiary/aromatic N) is 1. The summed E-state index contributed by atoms with van der Waals surface area (Å²) < 4.78 is 29.5. The molecule has 434 valence electrons. The molecule has 4 rings (SSSR count). The first-order valence-corrected chi connectivity index (χ1v) is 28.9. The van der Waals surface area contributed by atoms with Gasteiger partial charge >= 0.3 is 0 Å². The Kier molecular flexibility index (Phi) is 24.8. The molecule has 0 aliphatic carbocycles. The zero-order valence-electron chi connectivity index (χ0n) is 48.4. The van der Waals surface area contributed by atoms with E-state index in [9.17, 15) is 42.0 Å². The summed E-state index contributed by atoms with van der Waals surface area (Å²) in [5, 5.41) is 17.4. The third-order valence-electron chi connectivity index (χ3n) is 14.0. The van der Waals surface area contributed by atoms with E-state index >= 15 is 0 Å². The van der Waals surface area contributed by atoms with Crippen molar-refractivity contribution in [1.29, 1.82) is 0 Å². The molecule has 18 nitrogen and oxygen atoms in total.